The van der Waals surface area contributed by atoms with Crippen molar-refractivity contribution in [2.45, 2.75) is 20.5 Å². The van der Waals surface area contributed by atoms with Crippen molar-refractivity contribution in [3.63, 3.8) is 0 Å². The van der Waals surface area contributed by atoms with Gasteiger partial charge in [0, 0.05) is 30.7 Å². The summed E-state index contributed by atoms with van der Waals surface area (Å²) >= 11 is 0. The van der Waals surface area contributed by atoms with Crippen LogP contribution in [0.4, 0.5) is 5.69 Å². The van der Waals surface area contributed by atoms with Crippen LogP contribution in [-0.2, 0) is 6.61 Å². The second-order valence-electron chi connectivity index (χ2n) is 7.22. The molecule has 2 aromatic carbocycles. The zero-order valence-corrected chi connectivity index (χ0v) is 16.8. The van der Waals surface area contributed by atoms with Crippen molar-refractivity contribution >= 4 is 17.2 Å². The van der Waals surface area contributed by atoms with E-state index in [-0.39, 0.29) is 5.91 Å². The summed E-state index contributed by atoms with van der Waals surface area (Å²) < 4.78 is 7.89. The number of benzene rings is 2. The summed E-state index contributed by atoms with van der Waals surface area (Å²) in [5.41, 5.74) is 5.45. The molecular weight excluding hydrogens is 362 g/mol. The maximum atomic E-state index is 12.9. The number of aryl methyl sites for hydroxylation is 2. The average molecular weight is 385 g/mol. The quantitative estimate of drug-likeness (QED) is 0.495. The molecule has 0 aliphatic carbocycles. The molecule has 2 heterocycles. The third-order valence-corrected chi connectivity index (χ3v) is 4.81. The third-order valence-electron chi connectivity index (χ3n) is 4.81. The summed E-state index contributed by atoms with van der Waals surface area (Å²) in [5, 5.41) is 0. The van der Waals surface area contributed by atoms with Gasteiger partial charge in [-0.1, -0.05) is 24.3 Å². The zero-order chi connectivity index (χ0) is 20.4. The van der Waals surface area contributed by atoms with Gasteiger partial charge in [-0.3, -0.25) is 4.79 Å². The van der Waals surface area contributed by atoms with Crippen LogP contribution in [0.15, 0.2) is 73.1 Å². The summed E-state index contributed by atoms with van der Waals surface area (Å²) in [6, 6.07) is 19.2. The van der Waals surface area contributed by atoms with Crippen LogP contribution in [0.5, 0.6) is 5.75 Å². The molecule has 0 spiro atoms. The molecule has 2 aromatic heterocycles. The summed E-state index contributed by atoms with van der Waals surface area (Å²) in [4.78, 5) is 19.1. The highest BCUT2D eigenvalue weighted by Crippen LogP contribution is 2.20. The van der Waals surface area contributed by atoms with Gasteiger partial charge < -0.3 is 14.0 Å². The third kappa shape index (κ3) is 4.14. The Morgan fingerprint density at radius 2 is 1.83 bits per heavy atom. The van der Waals surface area contributed by atoms with E-state index in [1.54, 1.807) is 24.1 Å². The minimum Gasteiger partial charge on any atom is -0.487 e. The van der Waals surface area contributed by atoms with E-state index in [1.807, 2.05) is 79.2 Å². The predicted octanol–water partition coefficient (Wildman–Crippen LogP) is 4.81. The maximum absolute atomic E-state index is 12.9. The van der Waals surface area contributed by atoms with Crippen LogP contribution in [0.25, 0.3) is 5.65 Å². The summed E-state index contributed by atoms with van der Waals surface area (Å²) in [6.45, 7) is 4.40. The number of aromatic nitrogens is 2. The molecule has 5 heteroatoms. The number of anilines is 1. The van der Waals surface area contributed by atoms with Gasteiger partial charge in [0.2, 0.25) is 0 Å². The van der Waals surface area contributed by atoms with Crippen molar-refractivity contribution in [3.8, 4) is 5.75 Å². The number of carbonyl (C=O) groups excluding carboxylic acids is 1. The smallest absolute Gasteiger partial charge is 0.258 e. The molecule has 146 valence electrons. The number of rotatable bonds is 5. The van der Waals surface area contributed by atoms with E-state index in [0.29, 0.717) is 17.9 Å². The lowest BCUT2D eigenvalue weighted by molar-refractivity contribution is 0.0992. The zero-order valence-electron chi connectivity index (χ0n) is 16.8. The monoisotopic (exact) mass is 385 g/mol. The number of ether oxygens (including phenoxy) is 1. The first-order valence-corrected chi connectivity index (χ1v) is 9.51. The Morgan fingerprint density at radius 3 is 2.66 bits per heavy atom. The van der Waals surface area contributed by atoms with E-state index in [1.165, 1.54) is 5.56 Å². The van der Waals surface area contributed by atoms with E-state index in [9.17, 15) is 4.79 Å². The van der Waals surface area contributed by atoms with Gasteiger partial charge in [0.05, 0.1) is 5.69 Å². The molecule has 0 radical (unpaired) electrons. The molecule has 0 aliphatic rings. The summed E-state index contributed by atoms with van der Waals surface area (Å²) in [7, 11) is 1.78. The van der Waals surface area contributed by atoms with Gasteiger partial charge in [-0.15, -0.1) is 0 Å². The second-order valence-corrected chi connectivity index (χ2v) is 7.22. The number of carbonyl (C=O) groups is 1. The molecule has 0 saturated carbocycles. The largest absolute Gasteiger partial charge is 0.487 e. The van der Waals surface area contributed by atoms with Crippen LogP contribution in [-0.4, -0.2) is 22.3 Å². The fourth-order valence-corrected chi connectivity index (χ4v) is 3.25. The van der Waals surface area contributed by atoms with Crippen molar-refractivity contribution in [1.82, 2.24) is 9.38 Å². The predicted molar refractivity (Wildman–Crippen MR) is 115 cm³/mol. The topological polar surface area (TPSA) is 46.8 Å². The lowest BCUT2D eigenvalue weighted by Gasteiger charge is -2.18. The van der Waals surface area contributed by atoms with Crippen LogP contribution >= 0.6 is 0 Å². The molecule has 1 amide bonds. The number of nitrogens with zero attached hydrogens (tertiary/aromatic N) is 3. The lowest BCUT2D eigenvalue weighted by atomic mass is 10.1. The summed E-state index contributed by atoms with van der Waals surface area (Å²) in [6.07, 6.45) is 4.00. The Labute approximate surface area is 170 Å². The highest BCUT2D eigenvalue weighted by atomic mass is 16.5. The molecular formula is C24H23N3O2. The maximum Gasteiger partial charge on any atom is 0.258 e. The van der Waals surface area contributed by atoms with Gasteiger partial charge in [-0.2, -0.15) is 0 Å². The minimum absolute atomic E-state index is 0.0794. The SMILES string of the molecule is Cc1cccc(N(C)C(=O)c2cccc(OCc3cn4cc(C)ccc4n3)c2)c1. The number of fused-ring (bicyclic) bond motifs is 1. The van der Waals surface area contributed by atoms with E-state index < -0.39 is 0 Å². The highest BCUT2D eigenvalue weighted by Gasteiger charge is 2.14. The average Bonchev–Trinajstić information content (AvgIpc) is 3.13. The van der Waals surface area contributed by atoms with Crippen LogP contribution in [0.1, 0.15) is 27.2 Å². The van der Waals surface area contributed by atoms with Crippen molar-refractivity contribution in [3.05, 3.63) is 95.4 Å². The van der Waals surface area contributed by atoms with Gasteiger partial charge in [0.1, 0.15) is 18.0 Å². The number of amides is 1. The van der Waals surface area contributed by atoms with E-state index in [0.717, 1.165) is 22.6 Å². The van der Waals surface area contributed by atoms with Crippen LogP contribution < -0.4 is 9.64 Å². The van der Waals surface area contributed by atoms with Gasteiger partial charge in [0.15, 0.2) is 0 Å². The Kier molecular flexibility index (Phi) is 5.04. The Hall–Kier alpha value is -3.60. The number of pyridine rings is 1. The molecule has 4 rings (SSSR count). The molecule has 0 bridgehead atoms. The van der Waals surface area contributed by atoms with Crippen molar-refractivity contribution < 1.29 is 9.53 Å². The minimum atomic E-state index is -0.0794. The van der Waals surface area contributed by atoms with Gasteiger partial charge in [-0.25, -0.2) is 4.98 Å². The fraction of sp³-hybridized carbons (Fsp3) is 0.167. The van der Waals surface area contributed by atoms with Crippen LogP contribution in [0.2, 0.25) is 0 Å². The molecule has 29 heavy (non-hydrogen) atoms. The Balaban J connectivity index is 1.48. The second kappa shape index (κ2) is 7.80. The normalized spacial score (nSPS) is 10.9. The molecule has 0 N–H and O–H groups in total. The van der Waals surface area contributed by atoms with Crippen LogP contribution in [0.3, 0.4) is 0 Å². The van der Waals surface area contributed by atoms with E-state index in [4.69, 9.17) is 4.74 Å². The highest BCUT2D eigenvalue weighted by molar-refractivity contribution is 6.05. The van der Waals surface area contributed by atoms with Gasteiger partial charge >= 0.3 is 0 Å². The molecule has 0 aliphatic heterocycles. The van der Waals surface area contributed by atoms with E-state index >= 15 is 0 Å². The molecule has 0 atom stereocenters. The molecule has 0 unspecified atom stereocenters. The molecule has 0 fully saturated rings. The first-order chi connectivity index (χ1) is 14.0. The van der Waals surface area contributed by atoms with Gasteiger partial charge in [0.25, 0.3) is 5.91 Å². The standard InChI is InChI=1S/C24H23N3O2/c1-17-6-4-8-21(12-17)26(3)24(28)19-7-5-9-22(13-19)29-16-20-15-27-14-18(2)10-11-23(27)25-20/h4-15H,16H2,1-3H3. The molecule has 5 nitrogen and oxygen atoms in total. The van der Waals surface area contributed by atoms with Crippen molar-refractivity contribution in [1.29, 1.82) is 0 Å². The number of hydrogen-bond donors (Lipinski definition) is 0. The molecule has 0 saturated heterocycles. The van der Waals surface area contributed by atoms with Gasteiger partial charge in [-0.05, 0) is 61.4 Å². The van der Waals surface area contributed by atoms with Crippen LogP contribution in [0, 0.1) is 13.8 Å². The number of hydrogen-bond acceptors (Lipinski definition) is 3. The lowest BCUT2D eigenvalue weighted by Crippen LogP contribution is -2.26. The van der Waals surface area contributed by atoms with E-state index in [2.05, 4.69) is 4.98 Å². The number of imidazole rings is 1. The Morgan fingerprint density at radius 1 is 1.00 bits per heavy atom. The molecule has 4 aromatic rings. The van der Waals surface area contributed by atoms with Crippen molar-refractivity contribution in [2.75, 3.05) is 11.9 Å². The van der Waals surface area contributed by atoms with Crippen molar-refractivity contribution in [2.24, 2.45) is 0 Å². The summed E-state index contributed by atoms with van der Waals surface area (Å²) in [5.74, 6) is 0.561. The Bertz CT molecular complexity index is 1180. The first-order valence-electron chi connectivity index (χ1n) is 9.51. The first kappa shape index (κ1) is 18.7. The fourth-order valence-electron chi connectivity index (χ4n) is 3.25.